The van der Waals surface area contributed by atoms with Gasteiger partial charge in [-0.05, 0) is 42.5 Å². The van der Waals surface area contributed by atoms with Gasteiger partial charge < -0.3 is 21.1 Å². The lowest BCUT2D eigenvalue weighted by atomic mass is 10.2. The van der Waals surface area contributed by atoms with Crippen molar-refractivity contribution in [1.82, 2.24) is 5.32 Å². The van der Waals surface area contributed by atoms with Crippen LogP contribution in [-0.2, 0) is 0 Å². The second-order valence-electron chi connectivity index (χ2n) is 5.23. The fourth-order valence-corrected chi connectivity index (χ4v) is 2.40. The third-order valence-electron chi connectivity index (χ3n) is 3.13. The van der Waals surface area contributed by atoms with Gasteiger partial charge in [-0.1, -0.05) is 22.0 Å². The van der Waals surface area contributed by atoms with E-state index in [0.717, 1.165) is 16.6 Å². The Morgan fingerprint density at radius 1 is 1.19 bits per heavy atom. The van der Waals surface area contributed by atoms with Gasteiger partial charge in [0, 0.05) is 22.3 Å². The molecule has 144 valence electrons. The van der Waals surface area contributed by atoms with Crippen molar-refractivity contribution in [1.29, 1.82) is 0 Å². The average Bonchev–Trinajstić information content (AvgIpc) is 2.59. The number of rotatable bonds is 6. The summed E-state index contributed by atoms with van der Waals surface area (Å²) in [6.07, 6.45) is -4.74. The number of hydrogen-bond donors (Lipinski definition) is 3. The van der Waals surface area contributed by atoms with E-state index in [4.69, 9.17) is 5.73 Å². The Morgan fingerprint density at radius 2 is 1.89 bits per heavy atom. The highest BCUT2D eigenvalue weighted by molar-refractivity contribution is 9.10. The number of alkyl halides is 3. The molecule has 0 aliphatic carbocycles. The maximum Gasteiger partial charge on any atom is 0.573 e. The summed E-state index contributed by atoms with van der Waals surface area (Å²) in [5, 5.41) is 5.43. The number of nitrogens with zero attached hydrogens (tertiary/aromatic N) is 1. The Bertz CT molecular complexity index is 811. The van der Waals surface area contributed by atoms with Crippen LogP contribution >= 0.6 is 15.9 Å². The van der Waals surface area contributed by atoms with Crippen molar-refractivity contribution in [3.8, 4) is 5.75 Å². The zero-order valence-corrected chi connectivity index (χ0v) is 15.5. The molecular weight excluding hydrogens is 429 g/mol. The lowest BCUT2D eigenvalue weighted by Crippen LogP contribution is -2.28. The molecule has 1 amide bonds. The molecule has 0 heterocycles. The minimum absolute atomic E-state index is 0.0659. The van der Waals surface area contributed by atoms with Crippen LogP contribution in [0.15, 0.2) is 58.0 Å². The molecule has 0 aliphatic rings. The van der Waals surface area contributed by atoms with Crippen molar-refractivity contribution in [3.05, 3.63) is 58.6 Å². The molecule has 0 spiro atoms. The van der Waals surface area contributed by atoms with E-state index in [2.05, 4.69) is 36.3 Å². The van der Waals surface area contributed by atoms with Gasteiger partial charge in [0.1, 0.15) is 5.75 Å². The third-order valence-corrected chi connectivity index (χ3v) is 3.62. The van der Waals surface area contributed by atoms with Gasteiger partial charge in [0.25, 0.3) is 5.91 Å². The summed E-state index contributed by atoms with van der Waals surface area (Å²) in [7, 11) is 0. The van der Waals surface area contributed by atoms with E-state index >= 15 is 0 Å². The molecule has 6 nitrogen and oxygen atoms in total. The normalized spacial score (nSPS) is 11.8. The summed E-state index contributed by atoms with van der Waals surface area (Å²) in [6, 6.07) is 12.0. The van der Waals surface area contributed by atoms with E-state index in [9.17, 15) is 18.0 Å². The topological polar surface area (TPSA) is 88.7 Å². The predicted molar refractivity (Wildman–Crippen MR) is 99.7 cm³/mol. The number of hydrogen-bond acceptors (Lipinski definition) is 3. The van der Waals surface area contributed by atoms with Crippen molar-refractivity contribution in [2.24, 2.45) is 10.7 Å². The van der Waals surface area contributed by atoms with Crippen LogP contribution in [0.2, 0.25) is 0 Å². The smallest absolute Gasteiger partial charge is 0.406 e. The lowest BCUT2D eigenvalue weighted by Gasteiger charge is -2.10. The fourth-order valence-electron chi connectivity index (χ4n) is 2.00. The predicted octanol–water partition coefficient (Wildman–Crippen LogP) is 3.50. The molecular formula is C17H16BrF3N4O2. The standard InChI is InChI=1S/C17H16BrF3N4O2/c18-12-3-1-2-11(10-12)15(26)23-8-9-24-16(22)25-13-4-6-14(7-5-13)27-17(19,20)21/h1-7,10H,8-9H2,(H,23,26)(H3,22,24,25). The molecule has 27 heavy (non-hydrogen) atoms. The van der Waals surface area contributed by atoms with E-state index in [-0.39, 0.29) is 30.7 Å². The maximum absolute atomic E-state index is 12.1. The molecule has 2 rings (SSSR count). The minimum atomic E-state index is -4.74. The molecule has 10 heteroatoms. The second-order valence-corrected chi connectivity index (χ2v) is 6.15. The fraction of sp³-hybridized carbons (Fsp3) is 0.176. The molecule has 0 radical (unpaired) electrons. The molecule has 0 saturated heterocycles. The van der Waals surface area contributed by atoms with Crippen LogP contribution in [0.5, 0.6) is 5.75 Å². The Kier molecular flexibility index (Phi) is 7.05. The van der Waals surface area contributed by atoms with Crippen molar-refractivity contribution in [3.63, 3.8) is 0 Å². The SMILES string of the molecule is NC(=NCCNC(=O)c1cccc(Br)c1)Nc1ccc(OC(F)(F)F)cc1. The lowest BCUT2D eigenvalue weighted by molar-refractivity contribution is -0.274. The summed E-state index contributed by atoms with van der Waals surface area (Å²) in [5.41, 5.74) is 6.66. The molecule has 0 saturated carbocycles. The zero-order chi connectivity index (χ0) is 19.9. The van der Waals surface area contributed by atoms with Gasteiger partial charge in [0.2, 0.25) is 0 Å². The van der Waals surface area contributed by atoms with E-state index < -0.39 is 6.36 Å². The van der Waals surface area contributed by atoms with Gasteiger partial charge >= 0.3 is 6.36 Å². The van der Waals surface area contributed by atoms with Crippen LogP contribution in [0.3, 0.4) is 0 Å². The van der Waals surface area contributed by atoms with Crippen molar-refractivity contribution in [2.75, 3.05) is 18.4 Å². The Balaban J connectivity index is 1.78. The molecule has 0 unspecified atom stereocenters. The van der Waals surface area contributed by atoms with Gasteiger partial charge in [0.05, 0.1) is 6.54 Å². The molecule has 2 aromatic rings. The largest absolute Gasteiger partial charge is 0.573 e. The van der Waals surface area contributed by atoms with Crippen molar-refractivity contribution >= 4 is 33.5 Å². The third kappa shape index (κ3) is 7.57. The van der Waals surface area contributed by atoms with Gasteiger partial charge in [-0.25, -0.2) is 0 Å². The first-order valence-electron chi connectivity index (χ1n) is 7.69. The number of anilines is 1. The van der Waals surface area contributed by atoms with Gasteiger partial charge in [-0.3, -0.25) is 9.79 Å². The Hall–Kier alpha value is -2.75. The number of nitrogens with one attached hydrogen (secondary N) is 2. The van der Waals surface area contributed by atoms with E-state index in [1.807, 2.05) is 6.07 Å². The van der Waals surface area contributed by atoms with Crippen LogP contribution < -0.4 is 21.1 Å². The van der Waals surface area contributed by atoms with E-state index in [0.29, 0.717) is 11.3 Å². The first kappa shape index (κ1) is 20.6. The number of amides is 1. The molecule has 0 aromatic heterocycles. The first-order chi connectivity index (χ1) is 12.7. The highest BCUT2D eigenvalue weighted by atomic mass is 79.9. The number of carbonyl (C=O) groups excluding carboxylic acids is 1. The van der Waals surface area contributed by atoms with Crippen molar-refractivity contribution in [2.45, 2.75) is 6.36 Å². The Morgan fingerprint density at radius 3 is 2.52 bits per heavy atom. The molecule has 0 atom stereocenters. The summed E-state index contributed by atoms with van der Waals surface area (Å²) in [4.78, 5) is 16.0. The average molecular weight is 445 g/mol. The number of guanidine groups is 1. The summed E-state index contributed by atoms with van der Waals surface area (Å²) >= 11 is 3.29. The highest BCUT2D eigenvalue weighted by Gasteiger charge is 2.30. The summed E-state index contributed by atoms with van der Waals surface area (Å²) in [5.74, 6) is -0.506. The van der Waals surface area contributed by atoms with Crippen molar-refractivity contribution < 1.29 is 22.7 Å². The van der Waals surface area contributed by atoms with E-state index in [1.165, 1.54) is 12.1 Å². The summed E-state index contributed by atoms with van der Waals surface area (Å²) in [6.45, 7) is 0.500. The molecule has 0 bridgehead atoms. The van der Waals surface area contributed by atoms with Crippen LogP contribution in [0.1, 0.15) is 10.4 Å². The van der Waals surface area contributed by atoms with Crippen LogP contribution in [0.4, 0.5) is 18.9 Å². The van der Waals surface area contributed by atoms with E-state index in [1.54, 1.807) is 18.2 Å². The Labute approximate surface area is 161 Å². The highest BCUT2D eigenvalue weighted by Crippen LogP contribution is 2.23. The van der Waals surface area contributed by atoms with Crippen LogP contribution in [0.25, 0.3) is 0 Å². The minimum Gasteiger partial charge on any atom is -0.406 e. The van der Waals surface area contributed by atoms with Gasteiger partial charge in [-0.15, -0.1) is 13.2 Å². The second kappa shape index (κ2) is 9.26. The molecule has 4 N–H and O–H groups in total. The number of nitrogens with two attached hydrogens (primary N) is 1. The molecule has 0 aliphatic heterocycles. The molecule has 2 aromatic carbocycles. The number of ether oxygens (including phenoxy) is 1. The summed E-state index contributed by atoms with van der Waals surface area (Å²) < 4.78 is 40.9. The zero-order valence-electron chi connectivity index (χ0n) is 13.9. The van der Waals surface area contributed by atoms with Gasteiger partial charge in [0.15, 0.2) is 5.96 Å². The van der Waals surface area contributed by atoms with Gasteiger partial charge in [-0.2, -0.15) is 0 Å². The number of carbonyl (C=O) groups is 1. The first-order valence-corrected chi connectivity index (χ1v) is 8.49. The van der Waals surface area contributed by atoms with Crippen LogP contribution in [0, 0.1) is 0 Å². The quantitative estimate of drug-likeness (QED) is 0.361. The number of benzene rings is 2. The molecule has 0 fully saturated rings. The number of aliphatic imine (C=N–C) groups is 1. The maximum atomic E-state index is 12.1. The van der Waals surface area contributed by atoms with Crippen LogP contribution in [-0.4, -0.2) is 31.3 Å². The number of halogens is 4. The monoisotopic (exact) mass is 444 g/mol.